The second-order valence-corrected chi connectivity index (χ2v) is 5.82. The number of hydrogen-bond acceptors (Lipinski definition) is 1. The zero-order valence-corrected chi connectivity index (χ0v) is 13.4. The average Bonchev–Trinajstić information content (AvgIpc) is 2.41. The van der Waals surface area contributed by atoms with Crippen molar-refractivity contribution in [1.29, 1.82) is 0 Å². The maximum atomic E-state index is 12.2. The van der Waals surface area contributed by atoms with Crippen LogP contribution in [0, 0.1) is 13.8 Å². The normalized spacial score (nSPS) is 12.0. The summed E-state index contributed by atoms with van der Waals surface area (Å²) >= 11 is 6.08. The Bertz CT molecular complexity index is 651. The molecule has 1 atom stereocenters. The Morgan fingerprint density at radius 3 is 2.57 bits per heavy atom. The van der Waals surface area contributed by atoms with Gasteiger partial charge in [0.05, 0.1) is 12.5 Å². The Morgan fingerprint density at radius 2 is 1.90 bits per heavy atom. The fourth-order valence-electron chi connectivity index (χ4n) is 2.50. The monoisotopic (exact) mass is 301 g/mol. The standard InChI is InChI=1S/C18H20ClNO/c1-12-8-9-16(13(2)10-12)14(3)20-18(21)11-15-6-4-5-7-17(15)19/h4-10,14H,11H2,1-3H3,(H,20,21)/t14-/m0/s1. The Kier molecular flexibility index (Phi) is 5.03. The molecule has 110 valence electrons. The zero-order valence-electron chi connectivity index (χ0n) is 12.6. The van der Waals surface area contributed by atoms with E-state index in [9.17, 15) is 4.79 Å². The number of benzene rings is 2. The first-order valence-corrected chi connectivity index (χ1v) is 7.45. The van der Waals surface area contributed by atoms with Gasteiger partial charge in [0.1, 0.15) is 0 Å². The molecule has 0 fully saturated rings. The molecule has 2 rings (SSSR count). The van der Waals surface area contributed by atoms with E-state index >= 15 is 0 Å². The van der Waals surface area contributed by atoms with Gasteiger partial charge in [0, 0.05) is 5.02 Å². The summed E-state index contributed by atoms with van der Waals surface area (Å²) < 4.78 is 0. The van der Waals surface area contributed by atoms with Crippen LogP contribution in [-0.4, -0.2) is 5.91 Å². The molecule has 0 saturated heterocycles. The average molecular weight is 302 g/mol. The summed E-state index contributed by atoms with van der Waals surface area (Å²) in [5.41, 5.74) is 4.42. The highest BCUT2D eigenvalue weighted by Crippen LogP contribution is 2.19. The van der Waals surface area contributed by atoms with E-state index in [4.69, 9.17) is 11.6 Å². The Hall–Kier alpha value is -1.80. The van der Waals surface area contributed by atoms with E-state index in [2.05, 4.69) is 37.4 Å². The first-order chi connectivity index (χ1) is 9.97. The zero-order chi connectivity index (χ0) is 15.4. The van der Waals surface area contributed by atoms with Crippen LogP contribution >= 0.6 is 11.6 Å². The predicted molar refractivity (Wildman–Crippen MR) is 87.6 cm³/mol. The number of hydrogen-bond donors (Lipinski definition) is 1. The van der Waals surface area contributed by atoms with Crippen LogP contribution in [0.2, 0.25) is 5.02 Å². The van der Waals surface area contributed by atoms with Crippen molar-refractivity contribution in [2.24, 2.45) is 0 Å². The minimum atomic E-state index is -0.0180. The molecule has 0 aliphatic heterocycles. The second kappa shape index (κ2) is 6.77. The van der Waals surface area contributed by atoms with E-state index in [0.29, 0.717) is 11.4 Å². The van der Waals surface area contributed by atoms with Crippen LogP contribution in [0.1, 0.15) is 35.2 Å². The molecule has 0 spiro atoms. The van der Waals surface area contributed by atoms with Gasteiger partial charge in [-0.2, -0.15) is 0 Å². The highest BCUT2D eigenvalue weighted by molar-refractivity contribution is 6.31. The van der Waals surface area contributed by atoms with E-state index in [1.807, 2.05) is 25.1 Å². The maximum Gasteiger partial charge on any atom is 0.224 e. The van der Waals surface area contributed by atoms with Crippen LogP contribution in [0.25, 0.3) is 0 Å². The molecular formula is C18H20ClNO. The van der Waals surface area contributed by atoms with Gasteiger partial charge in [0.25, 0.3) is 0 Å². The summed E-state index contributed by atoms with van der Waals surface area (Å²) in [5, 5.41) is 3.67. The van der Waals surface area contributed by atoms with Crippen LogP contribution in [0.15, 0.2) is 42.5 Å². The second-order valence-electron chi connectivity index (χ2n) is 5.42. The molecule has 0 radical (unpaired) electrons. The highest BCUT2D eigenvalue weighted by atomic mass is 35.5. The SMILES string of the molecule is Cc1ccc([C@H](C)NC(=O)Cc2ccccc2Cl)c(C)c1. The summed E-state index contributed by atoms with van der Waals surface area (Å²) in [5.74, 6) is -0.0180. The van der Waals surface area contributed by atoms with Gasteiger partial charge in [-0.1, -0.05) is 53.6 Å². The van der Waals surface area contributed by atoms with Gasteiger partial charge in [-0.3, -0.25) is 4.79 Å². The number of halogens is 1. The smallest absolute Gasteiger partial charge is 0.224 e. The summed E-state index contributed by atoms with van der Waals surface area (Å²) in [4.78, 5) is 12.2. The Morgan fingerprint density at radius 1 is 1.19 bits per heavy atom. The molecule has 0 bridgehead atoms. The summed E-state index contributed by atoms with van der Waals surface area (Å²) in [7, 11) is 0. The number of nitrogens with one attached hydrogen (secondary N) is 1. The quantitative estimate of drug-likeness (QED) is 0.892. The van der Waals surface area contributed by atoms with Crippen LogP contribution < -0.4 is 5.32 Å². The van der Waals surface area contributed by atoms with Crippen LogP contribution in [0.3, 0.4) is 0 Å². The minimum absolute atomic E-state index is 0.0133. The fraction of sp³-hybridized carbons (Fsp3) is 0.278. The van der Waals surface area contributed by atoms with Gasteiger partial charge < -0.3 is 5.32 Å². The van der Waals surface area contributed by atoms with Gasteiger partial charge in [0.15, 0.2) is 0 Å². The number of rotatable bonds is 4. The van der Waals surface area contributed by atoms with Crippen LogP contribution in [-0.2, 0) is 11.2 Å². The number of carbonyl (C=O) groups is 1. The molecule has 1 N–H and O–H groups in total. The summed E-state index contributed by atoms with van der Waals surface area (Å²) in [6.45, 7) is 6.14. The van der Waals surface area contributed by atoms with E-state index < -0.39 is 0 Å². The van der Waals surface area contributed by atoms with Gasteiger partial charge in [-0.15, -0.1) is 0 Å². The third-order valence-electron chi connectivity index (χ3n) is 3.58. The predicted octanol–water partition coefficient (Wildman–Crippen LogP) is 4.38. The van der Waals surface area contributed by atoms with Crippen LogP contribution in [0.5, 0.6) is 0 Å². The molecule has 0 unspecified atom stereocenters. The summed E-state index contributed by atoms with van der Waals surface area (Å²) in [6, 6.07) is 13.7. The summed E-state index contributed by atoms with van der Waals surface area (Å²) in [6.07, 6.45) is 0.301. The van der Waals surface area contributed by atoms with Crippen molar-refractivity contribution < 1.29 is 4.79 Å². The van der Waals surface area contributed by atoms with Gasteiger partial charge >= 0.3 is 0 Å². The van der Waals surface area contributed by atoms with Crippen molar-refractivity contribution in [3.8, 4) is 0 Å². The Balaban J connectivity index is 2.04. The van der Waals surface area contributed by atoms with Gasteiger partial charge in [0.2, 0.25) is 5.91 Å². The molecule has 2 aromatic rings. The first-order valence-electron chi connectivity index (χ1n) is 7.07. The van der Waals surface area contributed by atoms with Crippen molar-refractivity contribution in [3.05, 3.63) is 69.7 Å². The third-order valence-corrected chi connectivity index (χ3v) is 3.95. The first kappa shape index (κ1) is 15.6. The van der Waals surface area contributed by atoms with E-state index in [1.165, 1.54) is 11.1 Å². The molecule has 0 heterocycles. The van der Waals surface area contributed by atoms with E-state index in [1.54, 1.807) is 6.07 Å². The number of aryl methyl sites for hydroxylation is 2. The van der Waals surface area contributed by atoms with Gasteiger partial charge in [-0.25, -0.2) is 0 Å². The molecule has 21 heavy (non-hydrogen) atoms. The lowest BCUT2D eigenvalue weighted by Crippen LogP contribution is -2.28. The lowest BCUT2D eigenvalue weighted by Gasteiger charge is -2.17. The maximum absolute atomic E-state index is 12.2. The van der Waals surface area contributed by atoms with Crippen molar-refractivity contribution in [2.75, 3.05) is 0 Å². The number of amides is 1. The molecule has 0 aliphatic carbocycles. The van der Waals surface area contributed by atoms with E-state index in [0.717, 1.165) is 11.1 Å². The minimum Gasteiger partial charge on any atom is -0.349 e. The molecule has 1 amide bonds. The van der Waals surface area contributed by atoms with Crippen molar-refractivity contribution in [2.45, 2.75) is 33.2 Å². The highest BCUT2D eigenvalue weighted by Gasteiger charge is 2.13. The Labute approximate surface area is 131 Å². The molecule has 0 saturated carbocycles. The number of carbonyl (C=O) groups excluding carboxylic acids is 1. The molecule has 2 aromatic carbocycles. The van der Waals surface area contributed by atoms with Crippen LogP contribution in [0.4, 0.5) is 0 Å². The van der Waals surface area contributed by atoms with Crippen molar-refractivity contribution in [3.63, 3.8) is 0 Å². The van der Waals surface area contributed by atoms with Crippen molar-refractivity contribution in [1.82, 2.24) is 5.32 Å². The molecule has 0 aliphatic rings. The molecule has 2 nitrogen and oxygen atoms in total. The largest absolute Gasteiger partial charge is 0.349 e. The third kappa shape index (κ3) is 4.08. The molecule has 3 heteroatoms. The molecular weight excluding hydrogens is 282 g/mol. The van der Waals surface area contributed by atoms with E-state index in [-0.39, 0.29) is 11.9 Å². The topological polar surface area (TPSA) is 29.1 Å². The van der Waals surface area contributed by atoms with Gasteiger partial charge in [-0.05, 0) is 43.5 Å². The fourth-order valence-corrected chi connectivity index (χ4v) is 2.70. The lowest BCUT2D eigenvalue weighted by atomic mass is 10.00. The molecule has 0 aromatic heterocycles. The van der Waals surface area contributed by atoms with Crippen molar-refractivity contribution >= 4 is 17.5 Å². The lowest BCUT2D eigenvalue weighted by molar-refractivity contribution is -0.121.